The van der Waals surface area contributed by atoms with Crippen LogP contribution in [-0.2, 0) is 6.54 Å². The van der Waals surface area contributed by atoms with E-state index in [4.69, 9.17) is 20.2 Å². The molecule has 0 fully saturated rings. The van der Waals surface area contributed by atoms with Crippen LogP contribution in [0.2, 0.25) is 0 Å². The Morgan fingerprint density at radius 1 is 1.29 bits per heavy atom. The topological polar surface area (TPSA) is 61.8 Å². The van der Waals surface area contributed by atoms with Crippen molar-refractivity contribution in [2.45, 2.75) is 13.5 Å². The van der Waals surface area contributed by atoms with Crippen molar-refractivity contribution in [3.05, 3.63) is 35.0 Å². The Morgan fingerprint density at radius 2 is 2.10 bits per heavy atom. The van der Waals surface area contributed by atoms with Crippen LogP contribution in [0.5, 0.6) is 11.5 Å². The number of hydrogen-bond acceptors (Lipinski definition) is 5. The molecule has 5 nitrogen and oxygen atoms in total. The summed E-state index contributed by atoms with van der Waals surface area (Å²) in [5.74, 6) is 1.56. The summed E-state index contributed by atoms with van der Waals surface area (Å²) < 4.78 is 13.3. The third-order valence-electron chi connectivity index (χ3n) is 3.64. The Hall–Kier alpha value is -2.05. The lowest BCUT2D eigenvalue weighted by Crippen LogP contribution is -2.15. The Labute approximate surface area is 125 Å². The molecule has 4 rings (SSSR count). The van der Waals surface area contributed by atoms with Gasteiger partial charge in [-0.1, -0.05) is 0 Å². The number of hydrogen-bond donors (Lipinski definition) is 1. The van der Waals surface area contributed by atoms with Crippen molar-refractivity contribution in [1.82, 2.24) is 9.38 Å². The van der Waals surface area contributed by atoms with Gasteiger partial charge in [0.25, 0.3) is 0 Å². The van der Waals surface area contributed by atoms with E-state index in [1.165, 1.54) is 0 Å². The predicted octanol–water partition coefficient (Wildman–Crippen LogP) is 2.60. The van der Waals surface area contributed by atoms with Crippen LogP contribution in [0.15, 0.2) is 23.6 Å². The number of thiazole rings is 1. The first-order chi connectivity index (χ1) is 10.3. The van der Waals surface area contributed by atoms with Gasteiger partial charge in [0, 0.05) is 23.2 Å². The van der Waals surface area contributed by atoms with Crippen molar-refractivity contribution in [2.24, 2.45) is 5.73 Å². The summed E-state index contributed by atoms with van der Waals surface area (Å²) in [7, 11) is 0. The van der Waals surface area contributed by atoms with E-state index in [0.29, 0.717) is 19.8 Å². The molecule has 108 valence electrons. The second-order valence-electron chi connectivity index (χ2n) is 4.96. The average Bonchev–Trinajstić information content (AvgIpc) is 3.06. The minimum atomic E-state index is 0.447. The van der Waals surface area contributed by atoms with Crippen LogP contribution in [0.1, 0.15) is 11.4 Å². The van der Waals surface area contributed by atoms with Crippen LogP contribution >= 0.6 is 11.3 Å². The summed E-state index contributed by atoms with van der Waals surface area (Å²) in [6, 6.07) is 5.92. The number of nitrogens with zero attached hydrogens (tertiary/aromatic N) is 2. The van der Waals surface area contributed by atoms with Gasteiger partial charge in [0.1, 0.15) is 13.2 Å². The molecule has 6 heteroatoms. The molecule has 0 saturated carbocycles. The molecule has 1 aliphatic rings. The number of fused-ring (bicyclic) bond motifs is 2. The van der Waals surface area contributed by atoms with Gasteiger partial charge in [-0.05, 0) is 25.1 Å². The van der Waals surface area contributed by atoms with Crippen LogP contribution in [0.25, 0.3) is 16.2 Å². The smallest absolute Gasteiger partial charge is 0.194 e. The van der Waals surface area contributed by atoms with Crippen molar-refractivity contribution in [1.29, 1.82) is 0 Å². The minimum Gasteiger partial charge on any atom is -0.486 e. The molecule has 0 saturated heterocycles. The molecule has 3 heterocycles. The van der Waals surface area contributed by atoms with Crippen LogP contribution in [0.3, 0.4) is 0 Å². The monoisotopic (exact) mass is 301 g/mol. The fourth-order valence-electron chi connectivity index (χ4n) is 2.67. The van der Waals surface area contributed by atoms with E-state index in [2.05, 4.69) is 16.7 Å². The van der Waals surface area contributed by atoms with E-state index >= 15 is 0 Å². The van der Waals surface area contributed by atoms with E-state index in [1.54, 1.807) is 11.3 Å². The number of nitrogens with two attached hydrogens (primary N) is 1. The lowest BCUT2D eigenvalue weighted by atomic mass is 10.1. The predicted molar refractivity (Wildman–Crippen MR) is 82.1 cm³/mol. The molecular weight excluding hydrogens is 286 g/mol. The summed E-state index contributed by atoms with van der Waals surface area (Å²) >= 11 is 1.63. The van der Waals surface area contributed by atoms with Crippen LogP contribution < -0.4 is 15.2 Å². The van der Waals surface area contributed by atoms with Crippen molar-refractivity contribution >= 4 is 16.3 Å². The summed E-state index contributed by atoms with van der Waals surface area (Å²) in [4.78, 5) is 5.70. The molecular formula is C15H15N3O2S. The second kappa shape index (κ2) is 4.75. The van der Waals surface area contributed by atoms with Crippen molar-refractivity contribution in [3.8, 4) is 22.8 Å². The number of aromatic nitrogens is 2. The molecule has 2 N–H and O–H groups in total. The van der Waals surface area contributed by atoms with Gasteiger partial charge in [0.05, 0.1) is 11.4 Å². The molecule has 0 spiro atoms. The van der Waals surface area contributed by atoms with Crippen LogP contribution in [-0.4, -0.2) is 22.6 Å². The number of benzene rings is 1. The summed E-state index contributed by atoms with van der Waals surface area (Å²) in [5.41, 5.74) is 10.1. The third-order valence-corrected chi connectivity index (χ3v) is 4.58. The number of imidazole rings is 1. The highest BCUT2D eigenvalue weighted by atomic mass is 32.1. The van der Waals surface area contributed by atoms with E-state index in [1.807, 2.05) is 18.2 Å². The molecule has 2 aromatic heterocycles. The maximum absolute atomic E-state index is 5.95. The molecule has 0 aliphatic carbocycles. The highest BCUT2D eigenvalue weighted by Crippen LogP contribution is 2.36. The van der Waals surface area contributed by atoms with Gasteiger partial charge in [-0.2, -0.15) is 0 Å². The lowest BCUT2D eigenvalue weighted by molar-refractivity contribution is 0.171. The SMILES string of the molecule is Cc1csc2nc(-c3ccc4c(c3)OCCO4)c(CN)n12. The Kier molecular flexibility index (Phi) is 2.87. The van der Waals surface area contributed by atoms with Gasteiger partial charge in [0.15, 0.2) is 16.5 Å². The normalized spacial score (nSPS) is 13.8. The zero-order chi connectivity index (χ0) is 14.4. The number of aryl methyl sites for hydroxylation is 1. The number of rotatable bonds is 2. The third kappa shape index (κ3) is 1.91. The van der Waals surface area contributed by atoms with E-state index in [-0.39, 0.29) is 0 Å². The molecule has 0 bridgehead atoms. The van der Waals surface area contributed by atoms with Gasteiger partial charge in [-0.3, -0.25) is 4.40 Å². The standard InChI is InChI=1S/C15H15N3O2S/c1-9-8-21-15-17-14(11(7-16)18(9)15)10-2-3-12-13(6-10)20-5-4-19-12/h2-3,6,8H,4-5,7,16H2,1H3. The molecule has 0 unspecified atom stereocenters. The number of ether oxygens (including phenoxy) is 2. The Morgan fingerprint density at radius 3 is 2.90 bits per heavy atom. The molecule has 0 amide bonds. The van der Waals surface area contributed by atoms with Gasteiger partial charge in [-0.15, -0.1) is 11.3 Å². The molecule has 0 atom stereocenters. The van der Waals surface area contributed by atoms with Crippen molar-refractivity contribution in [2.75, 3.05) is 13.2 Å². The average molecular weight is 301 g/mol. The fraction of sp³-hybridized carbons (Fsp3) is 0.267. The summed E-state index contributed by atoms with van der Waals surface area (Å²) in [6.07, 6.45) is 0. The highest BCUT2D eigenvalue weighted by molar-refractivity contribution is 7.15. The molecule has 3 aromatic rings. The summed E-state index contributed by atoms with van der Waals surface area (Å²) in [6.45, 7) is 3.69. The second-order valence-corrected chi connectivity index (χ2v) is 5.80. The van der Waals surface area contributed by atoms with E-state index in [9.17, 15) is 0 Å². The maximum Gasteiger partial charge on any atom is 0.194 e. The van der Waals surface area contributed by atoms with Gasteiger partial charge in [-0.25, -0.2) is 4.98 Å². The maximum atomic E-state index is 5.95. The molecule has 21 heavy (non-hydrogen) atoms. The van der Waals surface area contributed by atoms with Crippen LogP contribution in [0, 0.1) is 6.92 Å². The van der Waals surface area contributed by atoms with Gasteiger partial charge >= 0.3 is 0 Å². The fourth-order valence-corrected chi connectivity index (χ4v) is 3.56. The van der Waals surface area contributed by atoms with E-state index in [0.717, 1.165) is 39.1 Å². The first-order valence-corrected chi connectivity index (χ1v) is 7.71. The highest BCUT2D eigenvalue weighted by Gasteiger charge is 2.18. The lowest BCUT2D eigenvalue weighted by Gasteiger charge is -2.18. The molecule has 0 radical (unpaired) electrons. The quantitative estimate of drug-likeness (QED) is 0.790. The van der Waals surface area contributed by atoms with Crippen LogP contribution in [0.4, 0.5) is 0 Å². The van der Waals surface area contributed by atoms with Crippen molar-refractivity contribution < 1.29 is 9.47 Å². The minimum absolute atomic E-state index is 0.447. The van der Waals surface area contributed by atoms with Crippen molar-refractivity contribution in [3.63, 3.8) is 0 Å². The molecule has 1 aliphatic heterocycles. The Bertz CT molecular complexity index is 822. The first kappa shape index (κ1) is 12.7. The van der Waals surface area contributed by atoms with Gasteiger partial charge < -0.3 is 15.2 Å². The van der Waals surface area contributed by atoms with E-state index < -0.39 is 0 Å². The zero-order valence-electron chi connectivity index (χ0n) is 11.6. The molecule has 1 aromatic carbocycles. The largest absolute Gasteiger partial charge is 0.486 e. The first-order valence-electron chi connectivity index (χ1n) is 6.83. The van der Waals surface area contributed by atoms with Gasteiger partial charge in [0.2, 0.25) is 0 Å². The Balaban J connectivity index is 1.89. The summed E-state index contributed by atoms with van der Waals surface area (Å²) in [5, 5.41) is 2.09. The zero-order valence-corrected chi connectivity index (χ0v) is 12.4.